The van der Waals surface area contributed by atoms with E-state index < -0.39 is 35.7 Å². The molecule has 3 aromatic rings. The van der Waals surface area contributed by atoms with Crippen LogP contribution in [0.2, 0.25) is 0 Å². The first-order valence-electron chi connectivity index (χ1n) is 14.3. The molecule has 0 aromatic heterocycles. The quantitative estimate of drug-likeness (QED) is 0.157. The Bertz CT molecular complexity index is 1450. The van der Waals surface area contributed by atoms with E-state index in [-0.39, 0.29) is 29.1 Å². The monoisotopic (exact) mass is 622 g/mol. The number of phenols is 2. The maximum absolute atomic E-state index is 13.2. The molecule has 232 valence electrons. The normalized spacial score (nSPS) is 15.5. The number of phenolic OH excluding ortho intramolecular Hbond substituents is 2. The maximum Gasteiger partial charge on any atom is 0.453 e. The second-order valence-corrected chi connectivity index (χ2v) is 12.8. The Morgan fingerprint density at radius 1 is 0.884 bits per heavy atom. The molecule has 0 bridgehead atoms. The van der Waals surface area contributed by atoms with Crippen molar-refractivity contribution in [2.75, 3.05) is 12.4 Å². The minimum Gasteiger partial charge on any atom is -0.508 e. The van der Waals surface area contributed by atoms with Gasteiger partial charge in [0.1, 0.15) is 17.2 Å². The highest BCUT2D eigenvalue weighted by Crippen LogP contribution is 2.44. The third kappa shape index (κ3) is 8.16. The molecule has 43 heavy (non-hydrogen) atoms. The fraction of sp³-hybridized carbons (Fsp3) is 0.394. The number of hydrogen-bond donors (Lipinski definition) is 2. The third-order valence-electron chi connectivity index (χ3n) is 7.62. The third-order valence-corrected chi connectivity index (χ3v) is 9.44. The van der Waals surface area contributed by atoms with Crippen molar-refractivity contribution in [2.24, 2.45) is 0 Å². The predicted molar refractivity (Wildman–Crippen MR) is 159 cm³/mol. The van der Waals surface area contributed by atoms with Crippen LogP contribution in [0.4, 0.5) is 22.0 Å². The topological polar surface area (TPSA) is 66.8 Å². The van der Waals surface area contributed by atoms with Crippen LogP contribution in [0.15, 0.2) is 66.7 Å². The Morgan fingerprint density at radius 2 is 1.58 bits per heavy atom. The number of benzene rings is 3. The minimum absolute atomic E-state index is 0.169. The molecule has 2 N–H and O–H groups in total. The van der Waals surface area contributed by atoms with Crippen LogP contribution in [0.25, 0.3) is 11.1 Å². The van der Waals surface area contributed by atoms with E-state index >= 15 is 0 Å². The molecule has 4 nitrogen and oxygen atoms in total. The van der Waals surface area contributed by atoms with Gasteiger partial charge in [-0.1, -0.05) is 43.3 Å². The zero-order valence-corrected chi connectivity index (χ0v) is 24.6. The van der Waals surface area contributed by atoms with E-state index in [1.54, 1.807) is 31.2 Å². The molecule has 1 aliphatic rings. The molecule has 0 saturated carbocycles. The summed E-state index contributed by atoms with van der Waals surface area (Å²) in [6, 6.07) is 20.0. The Morgan fingerprint density at radius 3 is 2.30 bits per heavy atom. The van der Waals surface area contributed by atoms with Gasteiger partial charge in [0.05, 0.1) is 6.61 Å². The van der Waals surface area contributed by atoms with Crippen molar-refractivity contribution in [1.82, 2.24) is 0 Å². The van der Waals surface area contributed by atoms with Gasteiger partial charge in [-0.2, -0.15) is 22.0 Å². The van der Waals surface area contributed by atoms with E-state index in [1.165, 1.54) is 0 Å². The van der Waals surface area contributed by atoms with E-state index in [0.717, 1.165) is 52.7 Å². The summed E-state index contributed by atoms with van der Waals surface area (Å²) in [6.07, 6.45) is -4.09. The number of para-hydroxylation sites is 1. The molecule has 0 amide bonds. The fourth-order valence-corrected chi connectivity index (χ4v) is 6.56. The van der Waals surface area contributed by atoms with Gasteiger partial charge in [-0.05, 0) is 96.7 Å². The van der Waals surface area contributed by atoms with Crippen LogP contribution in [0.1, 0.15) is 67.7 Å². The highest BCUT2D eigenvalue weighted by Gasteiger charge is 2.56. The first kappa shape index (κ1) is 32.5. The lowest BCUT2D eigenvalue weighted by Gasteiger charge is -2.20. The minimum atomic E-state index is -5.60. The smallest absolute Gasteiger partial charge is 0.453 e. The number of aromatic hydroxyl groups is 2. The van der Waals surface area contributed by atoms with E-state index in [1.807, 2.05) is 42.5 Å². The number of alkyl halides is 5. The lowest BCUT2D eigenvalue weighted by Crippen LogP contribution is -2.36. The Kier molecular flexibility index (Phi) is 10.5. The van der Waals surface area contributed by atoms with Crippen LogP contribution in [-0.2, 0) is 17.2 Å². The molecule has 0 aliphatic heterocycles. The Hall–Kier alpha value is -3.40. The van der Waals surface area contributed by atoms with Gasteiger partial charge in [0.25, 0.3) is 0 Å². The van der Waals surface area contributed by atoms with Gasteiger partial charge >= 0.3 is 12.1 Å². The average Bonchev–Trinajstić information content (AvgIpc) is 3.14. The number of halogens is 5. The lowest BCUT2D eigenvalue weighted by atomic mass is 9.87. The van der Waals surface area contributed by atoms with Crippen molar-refractivity contribution in [3.8, 4) is 17.2 Å². The molecule has 0 fully saturated rings. The van der Waals surface area contributed by atoms with Crippen molar-refractivity contribution in [1.29, 1.82) is 0 Å². The zero-order chi connectivity index (χ0) is 31.2. The van der Waals surface area contributed by atoms with E-state index in [2.05, 4.69) is 0 Å². The summed E-state index contributed by atoms with van der Waals surface area (Å²) in [5.41, 5.74) is 5.88. The highest BCUT2D eigenvalue weighted by molar-refractivity contribution is 7.85. The number of aryl methyl sites for hydroxylation is 1. The van der Waals surface area contributed by atoms with Crippen LogP contribution < -0.4 is 4.74 Å². The van der Waals surface area contributed by atoms with Gasteiger partial charge < -0.3 is 14.9 Å². The lowest BCUT2D eigenvalue weighted by molar-refractivity contribution is -0.284. The molecule has 0 radical (unpaired) electrons. The molecule has 0 spiro atoms. The number of rotatable bonds is 12. The number of allylic oxidation sites excluding steroid dienone is 1. The fourth-order valence-electron chi connectivity index (χ4n) is 5.30. The summed E-state index contributed by atoms with van der Waals surface area (Å²) in [7, 11) is -1.54. The standard InChI is InChI=1S/C33H35F5O4S/c1-22(43(41)20-6-18-32(34,35)33(36,37)38)7-5-19-42-30-11-3-2-9-29(30)31-27(23-12-14-25(39)15-13-23)10-4-8-24-21-26(40)16-17-28(24)31/h2-3,9,11-17,21-22,39-40H,4-8,10,18-20H2,1H3. The van der Waals surface area contributed by atoms with E-state index in [9.17, 15) is 36.4 Å². The molecule has 2 atom stereocenters. The number of fused-ring (bicyclic) bond motifs is 1. The Labute approximate surface area is 250 Å². The summed E-state index contributed by atoms with van der Waals surface area (Å²) in [4.78, 5) is 0. The first-order valence-corrected chi connectivity index (χ1v) is 15.6. The first-order chi connectivity index (χ1) is 20.4. The second-order valence-electron chi connectivity index (χ2n) is 10.8. The van der Waals surface area contributed by atoms with E-state index in [4.69, 9.17) is 4.74 Å². The number of hydrogen-bond acceptors (Lipinski definition) is 4. The van der Waals surface area contributed by atoms with Crippen molar-refractivity contribution in [2.45, 2.75) is 69.2 Å². The molecule has 3 aromatic carbocycles. The van der Waals surface area contributed by atoms with Gasteiger partial charge in [-0.3, -0.25) is 4.21 Å². The predicted octanol–water partition coefficient (Wildman–Crippen LogP) is 8.67. The zero-order valence-electron chi connectivity index (χ0n) is 23.8. The van der Waals surface area contributed by atoms with Crippen LogP contribution in [0.5, 0.6) is 17.2 Å². The molecular weight excluding hydrogens is 587 g/mol. The SMILES string of the molecule is CC(CCCOc1ccccc1C1=C(c2ccc(O)cc2)CCCc2cc(O)ccc21)S(=O)CCCC(F)(F)C(F)(F)F. The summed E-state index contributed by atoms with van der Waals surface area (Å²) >= 11 is 0. The van der Waals surface area contributed by atoms with Gasteiger partial charge in [-0.25, -0.2) is 0 Å². The van der Waals surface area contributed by atoms with Crippen LogP contribution >= 0.6 is 0 Å². The molecule has 2 unspecified atom stereocenters. The molecule has 0 saturated heterocycles. The summed E-state index contributed by atoms with van der Waals surface area (Å²) < 4.78 is 82.1. The molecule has 4 rings (SSSR count). The van der Waals surface area contributed by atoms with Crippen LogP contribution in [0.3, 0.4) is 0 Å². The van der Waals surface area contributed by atoms with Crippen molar-refractivity contribution in [3.05, 3.63) is 89.0 Å². The van der Waals surface area contributed by atoms with Gasteiger partial charge in [0.2, 0.25) is 0 Å². The van der Waals surface area contributed by atoms with Crippen molar-refractivity contribution < 1.29 is 41.1 Å². The summed E-state index contributed by atoms with van der Waals surface area (Å²) in [5.74, 6) is -4.01. The van der Waals surface area contributed by atoms with E-state index in [0.29, 0.717) is 18.6 Å². The van der Waals surface area contributed by atoms with Gasteiger partial charge in [-0.15, -0.1) is 0 Å². The molecule has 10 heteroatoms. The maximum atomic E-state index is 13.2. The Balaban J connectivity index is 1.48. The van der Waals surface area contributed by atoms with Gasteiger partial charge in [0.15, 0.2) is 0 Å². The molecule has 0 heterocycles. The van der Waals surface area contributed by atoms with Crippen molar-refractivity contribution >= 4 is 21.9 Å². The average molecular weight is 623 g/mol. The number of ether oxygens (including phenoxy) is 1. The largest absolute Gasteiger partial charge is 0.508 e. The molecule has 1 aliphatic carbocycles. The summed E-state index contributed by atoms with van der Waals surface area (Å²) in [5, 5.41) is 19.7. The summed E-state index contributed by atoms with van der Waals surface area (Å²) in [6.45, 7) is 1.98. The molecular formula is C33H35F5O4S. The van der Waals surface area contributed by atoms with Crippen LogP contribution in [0, 0.1) is 0 Å². The highest BCUT2D eigenvalue weighted by atomic mass is 32.2. The van der Waals surface area contributed by atoms with Crippen LogP contribution in [-0.4, -0.2) is 44.1 Å². The van der Waals surface area contributed by atoms with Crippen molar-refractivity contribution in [3.63, 3.8) is 0 Å². The second kappa shape index (κ2) is 13.9. The van der Waals surface area contributed by atoms with Gasteiger partial charge in [0, 0.05) is 33.8 Å².